The minimum absolute atomic E-state index is 0.0303. The number of nitrogens with one attached hydrogen (secondary N) is 1. The van der Waals surface area contributed by atoms with E-state index >= 15 is 0 Å². The Morgan fingerprint density at radius 1 is 1.42 bits per heavy atom. The number of benzene rings is 1. The van der Waals surface area contributed by atoms with E-state index in [0.717, 1.165) is 12.8 Å². The van der Waals surface area contributed by atoms with Crippen LogP contribution >= 0.6 is 0 Å². The van der Waals surface area contributed by atoms with Crippen molar-refractivity contribution in [3.05, 3.63) is 28.3 Å². The second kappa shape index (κ2) is 6.01. The largest absolute Gasteiger partial charge is 0.495 e. The normalized spacial score (nSPS) is 22.8. The zero-order chi connectivity index (χ0) is 13.8. The lowest BCUT2D eigenvalue weighted by molar-refractivity contribution is -0.384. The average Bonchev–Trinajstić information content (AvgIpc) is 2.41. The predicted molar refractivity (Wildman–Crippen MR) is 74.2 cm³/mol. The fraction of sp³-hybridized carbons (Fsp3) is 0.500. The van der Waals surface area contributed by atoms with Crippen LogP contribution in [0.15, 0.2) is 18.2 Å². The minimum atomic E-state index is -0.717. The van der Waals surface area contributed by atoms with Crippen molar-refractivity contribution >= 4 is 22.2 Å². The number of hydrogen-bond acceptors (Lipinski definition) is 5. The van der Waals surface area contributed by atoms with E-state index in [-0.39, 0.29) is 11.7 Å². The van der Waals surface area contributed by atoms with Crippen molar-refractivity contribution < 1.29 is 13.9 Å². The van der Waals surface area contributed by atoms with Gasteiger partial charge in [0.2, 0.25) is 0 Å². The Morgan fingerprint density at radius 3 is 2.68 bits per heavy atom. The van der Waals surface area contributed by atoms with Gasteiger partial charge in [-0.3, -0.25) is 14.3 Å². The molecule has 1 heterocycles. The van der Waals surface area contributed by atoms with Crippen LogP contribution in [0.2, 0.25) is 0 Å². The summed E-state index contributed by atoms with van der Waals surface area (Å²) in [5.41, 5.74) is 0.650. The van der Waals surface area contributed by atoms with Gasteiger partial charge >= 0.3 is 0 Å². The number of nitro benzene ring substituents is 1. The third-order valence-corrected chi connectivity index (χ3v) is 4.52. The average molecular weight is 284 g/mol. The zero-order valence-electron chi connectivity index (χ0n) is 10.6. The summed E-state index contributed by atoms with van der Waals surface area (Å²) in [7, 11) is 0.813. The summed E-state index contributed by atoms with van der Waals surface area (Å²) in [4.78, 5) is 10.4. The molecule has 0 atom stereocenters. The Morgan fingerprint density at radius 2 is 2.11 bits per heavy atom. The van der Waals surface area contributed by atoms with Crippen LogP contribution in [0.25, 0.3) is 0 Å². The molecule has 6 nitrogen and oxygen atoms in total. The van der Waals surface area contributed by atoms with Crippen LogP contribution in [0.4, 0.5) is 11.4 Å². The first-order valence-corrected chi connectivity index (χ1v) is 7.53. The molecule has 19 heavy (non-hydrogen) atoms. The molecule has 1 saturated heterocycles. The highest BCUT2D eigenvalue weighted by Gasteiger charge is 2.20. The van der Waals surface area contributed by atoms with Gasteiger partial charge in [0.25, 0.3) is 5.69 Å². The third kappa shape index (κ3) is 3.44. The van der Waals surface area contributed by atoms with E-state index in [1.165, 1.54) is 19.2 Å². The number of nitro groups is 1. The Kier molecular flexibility index (Phi) is 4.36. The number of rotatable bonds is 4. The lowest BCUT2D eigenvalue weighted by atomic mass is 10.1. The van der Waals surface area contributed by atoms with Crippen molar-refractivity contribution in [3.8, 4) is 5.75 Å². The summed E-state index contributed by atoms with van der Waals surface area (Å²) in [6, 6.07) is 4.67. The number of nitrogens with zero attached hydrogens (tertiary/aromatic N) is 1. The molecule has 0 aliphatic carbocycles. The van der Waals surface area contributed by atoms with Gasteiger partial charge in [-0.25, -0.2) is 0 Å². The van der Waals surface area contributed by atoms with Gasteiger partial charge in [0.05, 0.1) is 17.7 Å². The molecule has 0 amide bonds. The van der Waals surface area contributed by atoms with Crippen molar-refractivity contribution in [3.63, 3.8) is 0 Å². The molecule has 0 unspecified atom stereocenters. The van der Waals surface area contributed by atoms with Gasteiger partial charge in [-0.2, -0.15) is 0 Å². The molecule has 1 aliphatic rings. The molecular weight excluding hydrogens is 268 g/mol. The van der Waals surface area contributed by atoms with Gasteiger partial charge in [0.15, 0.2) is 0 Å². The molecular formula is C12H16N2O4S. The molecule has 0 radical (unpaired) electrons. The van der Waals surface area contributed by atoms with Crippen LogP contribution in [0.5, 0.6) is 5.75 Å². The lowest BCUT2D eigenvalue weighted by Gasteiger charge is -2.24. The van der Waals surface area contributed by atoms with E-state index in [9.17, 15) is 14.3 Å². The van der Waals surface area contributed by atoms with Crippen molar-refractivity contribution in [2.45, 2.75) is 18.9 Å². The third-order valence-electron chi connectivity index (χ3n) is 3.14. The first kappa shape index (κ1) is 13.8. The van der Waals surface area contributed by atoms with Gasteiger partial charge in [0.1, 0.15) is 5.75 Å². The van der Waals surface area contributed by atoms with Gasteiger partial charge in [-0.15, -0.1) is 0 Å². The quantitative estimate of drug-likeness (QED) is 0.675. The Balaban J connectivity index is 2.15. The lowest BCUT2D eigenvalue weighted by Crippen LogP contribution is -2.29. The van der Waals surface area contributed by atoms with Crippen LogP contribution in [0.3, 0.4) is 0 Å². The molecule has 1 aromatic carbocycles. The number of non-ortho nitro benzene ring substituents is 1. The second-order valence-electron chi connectivity index (χ2n) is 4.41. The first-order valence-electron chi connectivity index (χ1n) is 6.04. The van der Waals surface area contributed by atoms with Crippen LogP contribution in [0.1, 0.15) is 12.8 Å². The fourth-order valence-electron chi connectivity index (χ4n) is 2.08. The zero-order valence-corrected chi connectivity index (χ0v) is 11.4. The van der Waals surface area contributed by atoms with Crippen molar-refractivity contribution in [2.75, 3.05) is 23.9 Å². The standard InChI is InChI=1S/C12H16N2O4S/c1-18-12-3-2-10(14(15)16)8-11(12)13-9-4-6-19(17)7-5-9/h2-3,8-9,13H,4-7H2,1H3. The second-order valence-corrected chi connectivity index (χ2v) is 6.10. The number of methoxy groups -OCH3 is 1. The Labute approximate surface area is 113 Å². The SMILES string of the molecule is COc1ccc([N+](=O)[O-])cc1NC1CCS(=O)CC1. The Hall–Kier alpha value is -1.63. The topological polar surface area (TPSA) is 81.5 Å². The summed E-state index contributed by atoms with van der Waals surface area (Å²) in [6.07, 6.45) is 1.61. The van der Waals surface area contributed by atoms with E-state index in [2.05, 4.69) is 5.32 Å². The summed E-state index contributed by atoms with van der Waals surface area (Å²) in [6.45, 7) is 0. The molecule has 0 aromatic heterocycles. The summed E-state index contributed by atoms with van der Waals surface area (Å²) in [5, 5.41) is 14.0. The highest BCUT2D eigenvalue weighted by atomic mass is 32.2. The van der Waals surface area contributed by atoms with Gasteiger partial charge < -0.3 is 10.1 Å². The maximum Gasteiger partial charge on any atom is 0.271 e. The van der Waals surface area contributed by atoms with E-state index in [1.54, 1.807) is 6.07 Å². The maximum atomic E-state index is 11.3. The van der Waals surface area contributed by atoms with E-state index < -0.39 is 15.7 Å². The van der Waals surface area contributed by atoms with E-state index in [1.807, 2.05) is 0 Å². The maximum absolute atomic E-state index is 11.3. The predicted octanol–water partition coefficient (Wildman–Crippen LogP) is 1.93. The van der Waals surface area contributed by atoms with Gasteiger partial charge in [-0.05, 0) is 18.9 Å². The Bertz CT molecular complexity index is 497. The molecule has 0 bridgehead atoms. The number of ether oxygens (including phenoxy) is 1. The van der Waals surface area contributed by atoms with Crippen LogP contribution in [0, 0.1) is 10.1 Å². The van der Waals surface area contributed by atoms with Crippen molar-refractivity contribution in [1.29, 1.82) is 0 Å². The summed E-state index contributed by atoms with van der Waals surface area (Å²) >= 11 is 0. The molecule has 1 fully saturated rings. The first-order chi connectivity index (χ1) is 9.10. The number of anilines is 1. The smallest absolute Gasteiger partial charge is 0.271 e. The molecule has 2 rings (SSSR count). The minimum Gasteiger partial charge on any atom is -0.495 e. The highest BCUT2D eigenvalue weighted by Crippen LogP contribution is 2.30. The molecule has 0 saturated carbocycles. The fourth-order valence-corrected chi connectivity index (χ4v) is 3.38. The van der Waals surface area contributed by atoms with Gasteiger partial charge in [0, 0.05) is 40.5 Å². The molecule has 1 aliphatic heterocycles. The summed E-state index contributed by atoms with van der Waals surface area (Å²) < 4.78 is 16.5. The van der Waals surface area contributed by atoms with E-state index in [4.69, 9.17) is 4.74 Å². The van der Waals surface area contributed by atoms with Crippen LogP contribution in [-0.4, -0.2) is 33.8 Å². The summed E-state index contributed by atoms with van der Waals surface area (Å²) in [5.74, 6) is 1.93. The van der Waals surface area contributed by atoms with Crippen LogP contribution in [-0.2, 0) is 10.8 Å². The van der Waals surface area contributed by atoms with Crippen LogP contribution < -0.4 is 10.1 Å². The molecule has 1 N–H and O–H groups in total. The van der Waals surface area contributed by atoms with E-state index in [0.29, 0.717) is 22.9 Å². The molecule has 104 valence electrons. The van der Waals surface area contributed by atoms with Gasteiger partial charge in [-0.1, -0.05) is 0 Å². The molecule has 1 aromatic rings. The monoisotopic (exact) mass is 284 g/mol. The van der Waals surface area contributed by atoms with Crippen molar-refractivity contribution in [1.82, 2.24) is 0 Å². The van der Waals surface area contributed by atoms with Crippen molar-refractivity contribution in [2.24, 2.45) is 0 Å². The number of hydrogen-bond donors (Lipinski definition) is 1. The molecule has 7 heteroatoms. The molecule has 0 spiro atoms. The highest BCUT2D eigenvalue weighted by molar-refractivity contribution is 7.85.